The number of nitrogens with one attached hydrogen (secondary N) is 1. The third-order valence-electron chi connectivity index (χ3n) is 6.64. The number of benzene rings is 2. The standard InChI is InChI=1S/C25H31N3O2/c1-4-13-27-14-11-25(12-15-27)28-23(21-16-18(2)5-10-24(21)30-25)17-22(26-28)19-6-8-20(29-3)9-7-19/h5-10,16-17,23,26H,4,11-15H2,1-3H3/t23-/m1/s1. The van der Waals surface area contributed by atoms with Crippen LogP contribution < -0.4 is 14.9 Å². The summed E-state index contributed by atoms with van der Waals surface area (Å²) in [7, 11) is 1.70. The van der Waals surface area contributed by atoms with Gasteiger partial charge in [0, 0.05) is 31.5 Å². The van der Waals surface area contributed by atoms with Crippen molar-refractivity contribution < 1.29 is 9.47 Å². The van der Waals surface area contributed by atoms with Crippen LogP contribution in [-0.4, -0.2) is 42.4 Å². The van der Waals surface area contributed by atoms with Crippen molar-refractivity contribution in [2.24, 2.45) is 0 Å². The maximum atomic E-state index is 6.76. The molecule has 0 bridgehead atoms. The summed E-state index contributed by atoms with van der Waals surface area (Å²) < 4.78 is 12.1. The normalized spacial score (nSPS) is 22.6. The predicted octanol–water partition coefficient (Wildman–Crippen LogP) is 4.50. The second-order valence-corrected chi connectivity index (χ2v) is 8.67. The predicted molar refractivity (Wildman–Crippen MR) is 119 cm³/mol. The third kappa shape index (κ3) is 3.26. The maximum Gasteiger partial charge on any atom is 0.182 e. The van der Waals surface area contributed by atoms with Crippen molar-refractivity contribution in [2.75, 3.05) is 26.7 Å². The zero-order valence-corrected chi connectivity index (χ0v) is 18.1. The van der Waals surface area contributed by atoms with Gasteiger partial charge in [-0.05, 0) is 61.9 Å². The van der Waals surface area contributed by atoms with Crippen LogP contribution in [0.3, 0.4) is 0 Å². The summed E-state index contributed by atoms with van der Waals surface area (Å²) in [6, 6.07) is 15.0. The summed E-state index contributed by atoms with van der Waals surface area (Å²) in [5.74, 6) is 1.90. The van der Waals surface area contributed by atoms with Gasteiger partial charge in [0.05, 0.1) is 18.8 Å². The number of aryl methyl sites for hydroxylation is 1. The molecule has 1 N–H and O–H groups in total. The van der Waals surface area contributed by atoms with E-state index in [0.29, 0.717) is 0 Å². The molecular weight excluding hydrogens is 374 g/mol. The molecule has 5 rings (SSSR count). The van der Waals surface area contributed by atoms with Gasteiger partial charge in [-0.1, -0.05) is 24.6 Å². The van der Waals surface area contributed by atoms with Crippen molar-refractivity contribution in [3.63, 3.8) is 0 Å². The zero-order chi connectivity index (χ0) is 20.7. The Kier molecular flexibility index (Phi) is 4.95. The second-order valence-electron chi connectivity index (χ2n) is 8.67. The fraction of sp³-hybridized carbons (Fsp3) is 0.440. The van der Waals surface area contributed by atoms with Gasteiger partial charge in [0.25, 0.3) is 0 Å². The molecule has 158 valence electrons. The summed E-state index contributed by atoms with van der Waals surface area (Å²) >= 11 is 0. The monoisotopic (exact) mass is 405 g/mol. The maximum absolute atomic E-state index is 6.76. The number of likely N-dealkylation sites (tertiary alicyclic amines) is 1. The Labute approximate surface area is 179 Å². The van der Waals surface area contributed by atoms with E-state index in [1.165, 1.54) is 17.5 Å². The molecule has 0 aliphatic carbocycles. The van der Waals surface area contributed by atoms with Crippen molar-refractivity contribution in [3.05, 3.63) is 65.2 Å². The fourth-order valence-corrected chi connectivity index (χ4v) is 5.02. The zero-order valence-electron chi connectivity index (χ0n) is 18.1. The Hall–Kier alpha value is -2.50. The van der Waals surface area contributed by atoms with Gasteiger partial charge in [-0.25, -0.2) is 0 Å². The number of hydrazine groups is 1. The lowest BCUT2D eigenvalue weighted by Gasteiger charge is -2.51. The van der Waals surface area contributed by atoms with E-state index in [4.69, 9.17) is 9.47 Å². The molecule has 0 unspecified atom stereocenters. The smallest absolute Gasteiger partial charge is 0.182 e. The Bertz CT molecular complexity index is 945. The number of nitrogens with zero attached hydrogens (tertiary/aromatic N) is 2. The number of fused-ring (bicyclic) bond motifs is 4. The Morgan fingerprint density at radius 1 is 1.13 bits per heavy atom. The van der Waals surface area contributed by atoms with Crippen molar-refractivity contribution >= 4 is 5.70 Å². The lowest BCUT2D eigenvalue weighted by atomic mass is 9.92. The van der Waals surface area contributed by atoms with Crippen molar-refractivity contribution in [1.29, 1.82) is 0 Å². The van der Waals surface area contributed by atoms with Gasteiger partial charge in [-0.15, -0.1) is 0 Å². The van der Waals surface area contributed by atoms with Crippen LogP contribution in [0, 0.1) is 6.92 Å². The Balaban J connectivity index is 1.50. The van der Waals surface area contributed by atoms with Crippen molar-refractivity contribution in [3.8, 4) is 11.5 Å². The molecule has 2 aromatic rings. The molecule has 0 saturated carbocycles. The summed E-state index contributed by atoms with van der Waals surface area (Å²) in [6.07, 6.45) is 5.54. The number of piperidine rings is 1. The average molecular weight is 406 g/mol. The van der Waals surface area contributed by atoms with E-state index in [-0.39, 0.29) is 11.8 Å². The lowest BCUT2D eigenvalue weighted by molar-refractivity contribution is -0.159. The summed E-state index contributed by atoms with van der Waals surface area (Å²) in [6.45, 7) is 7.70. The SMILES string of the molecule is CCCN1CCC2(CC1)Oc1ccc(C)cc1[C@H]1C=C(c3ccc(OC)cc3)NN12. The molecule has 0 radical (unpaired) electrons. The first-order valence-corrected chi connectivity index (χ1v) is 11.1. The number of hydrogen-bond acceptors (Lipinski definition) is 5. The summed E-state index contributed by atoms with van der Waals surface area (Å²) in [4.78, 5) is 2.56. The summed E-state index contributed by atoms with van der Waals surface area (Å²) in [5, 5.41) is 2.37. The molecule has 5 nitrogen and oxygen atoms in total. The third-order valence-corrected chi connectivity index (χ3v) is 6.64. The van der Waals surface area contributed by atoms with Crippen LogP contribution in [0.5, 0.6) is 11.5 Å². The number of methoxy groups -OCH3 is 1. The summed E-state index contributed by atoms with van der Waals surface area (Å²) in [5.41, 5.74) is 8.21. The largest absolute Gasteiger partial charge is 0.497 e. The molecule has 0 aromatic heterocycles. The van der Waals surface area contributed by atoms with Crippen molar-refractivity contribution in [1.82, 2.24) is 15.3 Å². The second kappa shape index (κ2) is 7.64. The molecule has 0 amide bonds. The molecule has 30 heavy (non-hydrogen) atoms. The van der Waals surface area contributed by atoms with Gasteiger partial charge in [0.1, 0.15) is 11.5 Å². The molecule has 1 fully saturated rings. The quantitative estimate of drug-likeness (QED) is 0.811. The number of ether oxygens (including phenoxy) is 2. The first-order valence-electron chi connectivity index (χ1n) is 11.1. The highest BCUT2D eigenvalue weighted by atomic mass is 16.5. The molecular formula is C25H31N3O2. The molecule has 3 aliphatic heterocycles. The van der Waals surface area contributed by atoms with Crippen LogP contribution in [0.2, 0.25) is 0 Å². The van der Waals surface area contributed by atoms with E-state index < -0.39 is 0 Å². The highest BCUT2D eigenvalue weighted by molar-refractivity contribution is 5.68. The molecule has 1 saturated heterocycles. The minimum absolute atomic E-state index is 0.170. The van der Waals surface area contributed by atoms with E-state index in [0.717, 1.165) is 55.2 Å². The minimum atomic E-state index is -0.318. The van der Waals surface area contributed by atoms with Gasteiger partial charge >= 0.3 is 0 Å². The molecule has 5 heteroatoms. The van der Waals surface area contributed by atoms with Crippen LogP contribution >= 0.6 is 0 Å². The molecule has 2 aromatic carbocycles. The number of rotatable bonds is 4. The van der Waals surface area contributed by atoms with E-state index in [2.05, 4.69) is 65.6 Å². The van der Waals surface area contributed by atoms with E-state index in [1.54, 1.807) is 7.11 Å². The average Bonchev–Trinajstić information content (AvgIpc) is 3.23. The van der Waals surface area contributed by atoms with Crippen molar-refractivity contribution in [2.45, 2.75) is 44.9 Å². The fourth-order valence-electron chi connectivity index (χ4n) is 5.02. The van der Waals surface area contributed by atoms with Gasteiger partial charge in [0.15, 0.2) is 5.72 Å². The van der Waals surface area contributed by atoms with Gasteiger partial charge < -0.3 is 19.8 Å². The minimum Gasteiger partial charge on any atom is -0.497 e. The van der Waals surface area contributed by atoms with Gasteiger partial charge in [-0.3, -0.25) is 0 Å². The van der Waals surface area contributed by atoms with Crippen LogP contribution in [0.25, 0.3) is 5.70 Å². The van der Waals surface area contributed by atoms with Crippen LogP contribution in [0.1, 0.15) is 48.9 Å². The Morgan fingerprint density at radius 3 is 2.60 bits per heavy atom. The van der Waals surface area contributed by atoms with Crippen LogP contribution in [0.4, 0.5) is 0 Å². The highest BCUT2D eigenvalue weighted by Crippen LogP contribution is 2.48. The van der Waals surface area contributed by atoms with E-state index in [1.807, 2.05) is 12.1 Å². The van der Waals surface area contributed by atoms with Crippen LogP contribution in [0.15, 0.2) is 48.5 Å². The molecule has 3 heterocycles. The van der Waals surface area contributed by atoms with E-state index in [9.17, 15) is 0 Å². The molecule has 3 aliphatic rings. The first-order chi connectivity index (χ1) is 14.6. The lowest BCUT2D eigenvalue weighted by Crippen LogP contribution is -2.63. The van der Waals surface area contributed by atoms with Gasteiger partial charge in [0.2, 0.25) is 0 Å². The van der Waals surface area contributed by atoms with Crippen LogP contribution in [-0.2, 0) is 0 Å². The molecule has 1 atom stereocenters. The number of hydrogen-bond donors (Lipinski definition) is 1. The molecule has 1 spiro atoms. The van der Waals surface area contributed by atoms with E-state index >= 15 is 0 Å². The Morgan fingerprint density at radius 2 is 1.90 bits per heavy atom. The highest BCUT2D eigenvalue weighted by Gasteiger charge is 2.51. The van der Waals surface area contributed by atoms with Gasteiger partial charge in [-0.2, -0.15) is 5.01 Å². The topological polar surface area (TPSA) is 37.0 Å². The first kappa shape index (κ1) is 19.5.